The molecule has 0 saturated carbocycles. The Morgan fingerprint density at radius 1 is 1.00 bits per heavy atom. The van der Waals surface area contributed by atoms with Gasteiger partial charge in [-0.05, 0) is 47.5 Å². The van der Waals surface area contributed by atoms with E-state index >= 15 is 0 Å². The molecule has 0 bridgehead atoms. The molecule has 2 heterocycles. The molecule has 4 aromatic rings. The molecule has 4 rings (SSSR count). The number of carbonyl (C=O) groups excluding carboxylic acids is 1. The average molecular weight is 383 g/mol. The summed E-state index contributed by atoms with van der Waals surface area (Å²) in [5.41, 5.74) is 10.2. The number of anilines is 1. The van der Waals surface area contributed by atoms with Gasteiger partial charge in [-0.15, -0.1) is 12.4 Å². The predicted molar refractivity (Wildman–Crippen MR) is 106 cm³/mol. The van der Waals surface area contributed by atoms with Gasteiger partial charge >= 0.3 is 6.03 Å². The summed E-state index contributed by atoms with van der Waals surface area (Å²) in [6.45, 7) is 0. The quantitative estimate of drug-likeness (QED) is 0.538. The van der Waals surface area contributed by atoms with E-state index in [1.165, 1.54) is 12.1 Å². The molecule has 2 amide bonds. The summed E-state index contributed by atoms with van der Waals surface area (Å²) in [5, 5.41) is 2.57. The smallest absolute Gasteiger partial charge is 0.316 e. The van der Waals surface area contributed by atoms with E-state index in [1.54, 1.807) is 24.4 Å². The molecule has 0 spiro atoms. The third-order valence-electron chi connectivity index (χ3n) is 4.12. The van der Waals surface area contributed by atoms with Crippen molar-refractivity contribution in [1.82, 2.24) is 9.38 Å². The van der Waals surface area contributed by atoms with Crippen LogP contribution in [0.25, 0.3) is 28.0 Å². The van der Waals surface area contributed by atoms with Crippen LogP contribution in [-0.2, 0) is 0 Å². The van der Waals surface area contributed by atoms with Gasteiger partial charge in [-0.25, -0.2) is 14.2 Å². The number of nitrogens with two attached hydrogens (primary N) is 1. The molecule has 0 aliphatic rings. The number of nitrogens with one attached hydrogen (secondary N) is 1. The minimum Gasteiger partial charge on any atom is -0.351 e. The number of nitrogens with zero attached hydrogens (tertiary/aromatic N) is 2. The average Bonchev–Trinajstić information content (AvgIpc) is 3.05. The summed E-state index contributed by atoms with van der Waals surface area (Å²) in [7, 11) is 0. The fourth-order valence-electron chi connectivity index (χ4n) is 2.91. The summed E-state index contributed by atoms with van der Waals surface area (Å²) in [6, 6.07) is 17.0. The van der Waals surface area contributed by atoms with Crippen molar-refractivity contribution in [2.45, 2.75) is 0 Å². The van der Waals surface area contributed by atoms with Gasteiger partial charge in [0.05, 0.1) is 11.9 Å². The summed E-state index contributed by atoms with van der Waals surface area (Å²) in [4.78, 5) is 15.5. The maximum absolute atomic E-state index is 13.1. The Hall–Kier alpha value is -3.38. The number of urea groups is 1. The first kappa shape index (κ1) is 18.4. The molecule has 0 fully saturated rings. The largest absolute Gasteiger partial charge is 0.351 e. The van der Waals surface area contributed by atoms with E-state index in [0.29, 0.717) is 5.69 Å². The van der Waals surface area contributed by atoms with Crippen molar-refractivity contribution in [3.63, 3.8) is 0 Å². The Morgan fingerprint density at radius 3 is 2.52 bits per heavy atom. The number of aromatic nitrogens is 2. The van der Waals surface area contributed by atoms with Gasteiger partial charge < -0.3 is 11.1 Å². The van der Waals surface area contributed by atoms with E-state index in [0.717, 1.165) is 28.0 Å². The molecule has 2 aromatic heterocycles. The first-order chi connectivity index (χ1) is 12.6. The molecule has 7 heteroatoms. The van der Waals surface area contributed by atoms with Crippen molar-refractivity contribution in [1.29, 1.82) is 0 Å². The number of amides is 2. The highest BCUT2D eigenvalue weighted by Crippen LogP contribution is 2.26. The maximum Gasteiger partial charge on any atom is 0.316 e. The number of halogens is 2. The van der Waals surface area contributed by atoms with E-state index in [9.17, 15) is 9.18 Å². The van der Waals surface area contributed by atoms with Gasteiger partial charge in [-0.1, -0.05) is 24.3 Å². The lowest BCUT2D eigenvalue weighted by Crippen LogP contribution is -2.19. The van der Waals surface area contributed by atoms with Crippen molar-refractivity contribution >= 4 is 29.8 Å². The van der Waals surface area contributed by atoms with Gasteiger partial charge in [0.2, 0.25) is 0 Å². The van der Waals surface area contributed by atoms with Crippen LogP contribution in [0.5, 0.6) is 0 Å². The summed E-state index contributed by atoms with van der Waals surface area (Å²) >= 11 is 0. The van der Waals surface area contributed by atoms with E-state index in [1.807, 2.05) is 40.9 Å². The Morgan fingerprint density at radius 2 is 1.78 bits per heavy atom. The lowest BCUT2D eigenvalue weighted by molar-refractivity contribution is 0.259. The van der Waals surface area contributed by atoms with Crippen molar-refractivity contribution in [2.24, 2.45) is 5.73 Å². The van der Waals surface area contributed by atoms with E-state index < -0.39 is 6.03 Å². The molecule has 0 aliphatic heterocycles. The normalized spacial score (nSPS) is 10.4. The van der Waals surface area contributed by atoms with E-state index in [4.69, 9.17) is 5.73 Å². The minimum absolute atomic E-state index is 0. The number of hydrogen-bond donors (Lipinski definition) is 2. The number of pyridine rings is 1. The van der Waals surface area contributed by atoms with Crippen LogP contribution in [0, 0.1) is 5.82 Å². The highest BCUT2D eigenvalue weighted by atomic mass is 35.5. The fraction of sp³-hybridized carbons (Fsp3) is 0. The summed E-state index contributed by atoms with van der Waals surface area (Å²) < 4.78 is 15.1. The first-order valence-electron chi connectivity index (χ1n) is 8.00. The highest BCUT2D eigenvalue weighted by Gasteiger charge is 2.08. The maximum atomic E-state index is 13.1. The third kappa shape index (κ3) is 3.75. The van der Waals surface area contributed by atoms with Gasteiger partial charge in [0, 0.05) is 17.4 Å². The second kappa shape index (κ2) is 7.47. The molecule has 136 valence electrons. The Balaban J connectivity index is 0.00000210. The Kier molecular flexibility index (Phi) is 5.09. The fourth-order valence-corrected chi connectivity index (χ4v) is 2.91. The zero-order valence-corrected chi connectivity index (χ0v) is 14.9. The SMILES string of the molecule is Cl.NC(=O)Nc1cccc(-c2cnc3cc(-c4ccc(F)cc4)ccn23)c1. The predicted octanol–water partition coefficient (Wildman–Crippen LogP) is 4.72. The Labute approximate surface area is 161 Å². The molecule has 2 aromatic carbocycles. The molecular formula is C20H16ClFN4O. The number of carbonyl (C=O) groups is 1. The molecular weight excluding hydrogens is 367 g/mol. The van der Waals surface area contributed by atoms with E-state index in [-0.39, 0.29) is 18.2 Å². The summed E-state index contributed by atoms with van der Waals surface area (Å²) in [5.74, 6) is -0.262. The lowest BCUT2D eigenvalue weighted by atomic mass is 10.1. The standard InChI is InChI=1S/C20H15FN4O.ClH/c21-16-6-4-13(5-7-16)14-8-9-25-18(12-23-19(25)11-14)15-2-1-3-17(10-15)24-20(22)26;/h1-12H,(H3,22,24,26);1H. The highest BCUT2D eigenvalue weighted by molar-refractivity contribution is 5.88. The molecule has 0 radical (unpaired) electrons. The second-order valence-corrected chi connectivity index (χ2v) is 5.86. The third-order valence-corrected chi connectivity index (χ3v) is 4.12. The molecule has 0 saturated heterocycles. The van der Waals surface area contributed by atoms with Gasteiger partial charge in [0.25, 0.3) is 0 Å². The minimum atomic E-state index is -0.607. The van der Waals surface area contributed by atoms with Crippen molar-refractivity contribution < 1.29 is 9.18 Å². The topological polar surface area (TPSA) is 72.4 Å². The van der Waals surface area contributed by atoms with Gasteiger partial charge in [-0.3, -0.25) is 4.40 Å². The number of benzene rings is 2. The van der Waals surface area contributed by atoms with Crippen molar-refractivity contribution in [3.8, 4) is 22.4 Å². The molecule has 0 unspecified atom stereocenters. The van der Waals surface area contributed by atoms with Crippen LogP contribution >= 0.6 is 12.4 Å². The van der Waals surface area contributed by atoms with Crippen molar-refractivity contribution in [2.75, 3.05) is 5.32 Å². The van der Waals surface area contributed by atoms with Crippen LogP contribution in [0.1, 0.15) is 0 Å². The molecule has 0 atom stereocenters. The number of primary amides is 1. The molecule has 5 nitrogen and oxygen atoms in total. The zero-order chi connectivity index (χ0) is 18.1. The van der Waals surface area contributed by atoms with Crippen molar-refractivity contribution in [3.05, 3.63) is 78.9 Å². The van der Waals surface area contributed by atoms with Crippen LogP contribution in [0.15, 0.2) is 73.1 Å². The van der Waals surface area contributed by atoms with E-state index in [2.05, 4.69) is 10.3 Å². The first-order valence-corrected chi connectivity index (χ1v) is 8.00. The summed E-state index contributed by atoms with van der Waals surface area (Å²) in [6.07, 6.45) is 3.69. The van der Waals surface area contributed by atoms with Gasteiger partial charge in [0.1, 0.15) is 11.5 Å². The van der Waals surface area contributed by atoms with Crippen LogP contribution in [-0.4, -0.2) is 15.4 Å². The van der Waals surface area contributed by atoms with Gasteiger partial charge in [0.15, 0.2) is 0 Å². The van der Waals surface area contributed by atoms with Crippen LogP contribution in [0.4, 0.5) is 14.9 Å². The molecule has 3 N–H and O–H groups in total. The Bertz CT molecular complexity index is 1110. The van der Waals surface area contributed by atoms with Crippen LogP contribution < -0.4 is 11.1 Å². The van der Waals surface area contributed by atoms with Gasteiger partial charge in [-0.2, -0.15) is 0 Å². The number of hydrogen-bond acceptors (Lipinski definition) is 2. The monoisotopic (exact) mass is 382 g/mol. The number of imidazole rings is 1. The molecule has 27 heavy (non-hydrogen) atoms. The second-order valence-electron chi connectivity index (χ2n) is 5.86. The van der Waals surface area contributed by atoms with Crippen LogP contribution in [0.2, 0.25) is 0 Å². The zero-order valence-electron chi connectivity index (χ0n) is 14.1. The number of rotatable bonds is 3. The molecule has 0 aliphatic carbocycles. The lowest BCUT2D eigenvalue weighted by Gasteiger charge is -2.07. The van der Waals surface area contributed by atoms with Crippen LogP contribution in [0.3, 0.4) is 0 Å². The number of fused-ring (bicyclic) bond motifs is 1.